The molecule has 2 nitrogen and oxygen atoms in total. The summed E-state index contributed by atoms with van der Waals surface area (Å²) in [7, 11) is 4.17. The first-order valence-electron chi connectivity index (χ1n) is 5.75. The Balaban J connectivity index is 2.17. The van der Waals surface area contributed by atoms with Gasteiger partial charge >= 0.3 is 0 Å². The third-order valence-electron chi connectivity index (χ3n) is 2.51. The molecule has 0 aromatic heterocycles. The van der Waals surface area contributed by atoms with Crippen molar-refractivity contribution in [2.45, 2.75) is 11.8 Å². The van der Waals surface area contributed by atoms with Gasteiger partial charge in [0.15, 0.2) is 0 Å². The van der Waals surface area contributed by atoms with Gasteiger partial charge in [0.25, 0.3) is 0 Å². The number of aryl methyl sites for hydroxylation is 1. The summed E-state index contributed by atoms with van der Waals surface area (Å²) in [6, 6.07) is 8.75. The van der Waals surface area contributed by atoms with Crippen LogP contribution in [0.15, 0.2) is 29.2 Å². The average molecular weight is 238 g/mol. The summed E-state index contributed by atoms with van der Waals surface area (Å²) in [5, 5.41) is 3.16. The molecule has 0 fully saturated rings. The van der Waals surface area contributed by atoms with Gasteiger partial charge in [-0.25, -0.2) is 0 Å². The van der Waals surface area contributed by atoms with E-state index in [4.69, 9.17) is 0 Å². The summed E-state index contributed by atoms with van der Waals surface area (Å²) in [6.07, 6.45) is 0. The van der Waals surface area contributed by atoms with Gasteiger partial charge in [-0.1, -0.05) is 17.7 Å². The van der Waals surface area contributed by atoms with E-state index >= 15 is 0 Å². The minimum Gasteiger partial charge on any atom is -0.318 e. The summed E-state index contributed by atoms with van der Waals surface area (Å²) in [4.78, 5) is 3.73. The lowest BCUT2D eigenvalue weighted by Crippen LogP contribution is -2.29. The van der Waals surface area contributed by atoms with Crippen molar-refractivity contribution in [1.82, 2.24) is 10.2 Å². The predicted molar refractivity (Wildman–Crippen MR) is 73.3 cm³/mol. The van der Waals surface area contributed by atoms with Crippen LogP contribution in [0.2, 0.25) is 0 Å². The smallest absolute Gasteiger partial charge is 0.0108 e. The monoisotopic (exact) mass is 238 g/mol. The van der Waals surface area contributed by atoms with Crippen molar-refractivity contribution in [3.05, 3.63) is 29.8 Å². The van der Waals surface area contributed by atoms with Gasteiger partial charge in [0.05, 0.1) is 0 Å². The Morgan fingerprint density at radius 2 is 1.88 bits per heavy atom. The van der Waals surface area contributed by atoms with E-state index < -0.39 is 0 Å². The molecule has 16 heavy (non-hydrogen) atoms. The Kier molecular flexibility index (Phi) is 6.53. The quantitative estimate of drug-likeness (QED) is 0.733. The third kappa shape index (κ3) is 5.54. The molecule has 0 aliphatic heterocycles. The standard InChI is InChI=1S/C13H22N2S/c1-12-4-6-13(7-5-12)16-11-10-15(3)9-8-14-2/h4-7,14H,8-11H2,1-3H3. The van der Waals surface area contributed by atoms with Gasteiger partial charge in [-0.3, -0.25) is 0 Å². The molecule has 0 saturated heterocycles. The lowest BCUT2D eigenvalue weighted by atomic mass is 10.2. The maximum Gasteiger partial charge on any atom is 0.0108 e. The molecule has 0 bridgehead atoms. The molecular formula is C13H22N2S. The molecule has 0 radical (unpaired) electrons. The molecule has 1 rings (SSSR count). The molecule has 1 aromatic carbocycles. The fourth-order valence-electron chi connectivity index (χ4n) is 1.37. The van der Waals surface area contributed by atoms with Gasteiger partial charge in [0.1, 0.15) is 0 Å². The molecule has 1 aromatic rings. The first kappa shape index (κ1) is 13.6. The molecule has 0 saturated carbocycles. The van der Waals surface area contributed by atoms with Crippen LogP contribution in [0.4, 0.5) is 0 Å². The highest BCUT2D eigenvalue weighted by atomic mass is 32.2. The van der Waals surface area contributed by atoms with Crippen molar-refractivity contribution in [2.75, 3.05) is 39.5 Å². The molecule has 0 spiro atoms. The van der Waals surface area contributed by atoms with E-state index in [1.54, 1.807) is 0 Å². The zero-order valence-electron chi connectivity index (χ0n) is 10.5. The zero-order valence-corrected chi connectivity index (χ0v) is 11.3. The van der Waals surface area contributed by atoms with Gasteiger partial charge in [-0.15, -0.1) is 11.8 Å². The summed E-state index contributed by atoms with van der Waals surface area (Å²) in [5.74, 6) is 1.16. The van der Waals surface area contributed by atoms with E-state index in [9.17, 15) is 0 Å². The van der Waals surface area contributed by atoms with Crippen LogP contribution < -0.4 is 5.32 Å². The number of hydrogen-bond donors (Lipinski definition) is 1. The van der Waals surface area contributed by atoms with Crippen molar-refractivity contribution in [3.63, 3.8) is 0 Å². The number of rotatable bonds is 7. The Morgan fingerprint density at radius 3 is 2.50 bits per heavy atom. The lowest BCUT2D eigenvalue weighted by molar-refractivity contribution is 0.356. The molecule has 1 N–H and O–H groups in total. The number of nitrogens with zero attached hydrogens (tertiary/aromatic N) is 1. The highest BCUT2D eigenvalue weighted by Crippen LogP contribution is 2.17. The fourth-order valence-corrected chi connectivity index (χ4v) is 2.34. The number of benzene rings is 1. The van der Waals surface area contributed by atoms with Crippen molar-refractivity contribution in [1.29, 1.82) is 0 Å². The summed E-state index contributed by atoms with van der Waals surface area (Å²) < 4.78 is 0. The molecule has 90 valence electrons. The van der Waals surface area contributed by atoms with Gasteiger partial charge in [-0.2, -0.15) is 0 Å². The number of nitrogens with one attached hydrogen (secondary N) is 1. The molecule has 0 heterocycles. The molecule has 0 amide bonds. The van der Waals surface area contributed by atoms with Crippen LogP contribution in [-0.4, -0.2) is 44.4 Å². The molecule has 3 heteroatoms. The number of hydrogen-bond acceptors (Lipinski definition) is 3. The normalized spacial score (nSPS) is 11.0. The van der Waals surface area contributed by atoms with Crippen molar-refractivity contribution < 1.29 is 0 Å². The number of thioether (sulfide) groups is 1. The van der Waals surface area contributed by atoms with Crippen LogP contribution in [0.3, 0.4) is 0 Å². The molecule has 0 unspecified atom stereocenters. The van der Waals surface area contributed by atoms with E-state index in [2.05, 4.69) is 48.5 Å². The van der Waals surface area contributed by atoms with Crippen LogP contribution >= 0.6 is 11.8 Å². The maximum atomic E-state index is 3.16. The largest absolute Gasteiger partial charge is 0.318 e. The van der Waals surface area contributed by atoms with Gasteiger partial charge in [0.2, 0.25) is 0 Å². The zero-order chi connectivity index (χ0) is 11.8. The highest BCUT2D eigenvalue weighted by molar-refractivity contribution is 7.99. The van der Waals surface area contributed by atoms with Crippen LogP contribution in [0.25, 0.3) is 0 Å². The Bertz CT molecular complexity index is 284. The van der Waals surface area contributed by atoms with Crippen LogP contribution in [-0.2, 0) is 0 Å². The van der Waals surface area contributed by atoms with E-state index in [0.29, 0.717) is 0 Å². The number of likely N-dealkylation sites (N-methyl/N-ethyl adjacent to an activating group) is 2. The molecular weight excluding hydrogens is 216 g/mol. The molecule has 0 aliphatic carbocycles. The Labute approximate surface area is 103 Å². The fraction of sp³-hybridized carbons (Fsp3) is 0.538. The topological polar surface area (TPSA) is 15.3 Å². The molecule has 0 aliphatic rings. The van der Waals surface area contributed by atoms with Crippen LogP contribution in [0.5, 0.6) is 0 Å². The Hall–Kier alpha value is -0.510. The first-order chi connectivity index (χ1) is 7.72. The van der Waals surface area contributed by atoms with Crippen molar-refractivity contribution >= 4 is 11.8 Å². The van der Waals surface area contributed by atoms with Gasteiger partial charge < -0.3 is 10.2 Å². The summed E-state index contributed by atoms with van der Waals surface area (Å²) in [6.45, 7) is 5.44. The second-order valence-electron chi connectivity index (χ2n) is 4.07. The Morgan fingerprint density at radius 1 is 1.19 bits per heavy atom. The first-order valence-corrected chi connectivity index (χ1v) is 6.73. The second-order valence-corrected chi connectivity index (χ2v) is 5.24. The summed E-state index contributed by atoms with van der Waals surface area (Å²) in [5.41, 5.74) is 1.33. The van der Waals surface area contributed by atoms with Crippen molar-refractivity contribution in [2.24, 2.45) is 0 Å². The third-order valence-corrected chi connectivity index (χ3v) is 3.50. The van der Waals surface area contributed by atoms with Crippen LogP contribution in [0.1, 0.15) is 5.56 Å². The van der Waals surface area contributed by atoms with Gasteiger partial charge in [-0.05, 0) is 33.2 Å². The SMILES string of the molecule is CNCCN(C)CCSc1ccc(C)cc1. The minimum atomic E-state index is 1.06. The van der Waals surface area contributed by atoms with Gasteiger partial charge in [0, 0.05) is 30.3 Å². The van der Waals surface area contributed by atoms with E-state index in [1.165, 1.54) is 10.5 Å². The summed E-state index contributed by atoms with van der Waals surface area (Å²) >= 11 is 1.93. The minimum absolute atomic E-state index is 1.06. The second kappa shape index (κ2) is 7.71. The lowest BCUT2D eigenvalue weighted by Gasteiger charge is -2.15. The maximum absolute atomic E-state index is 3.16. The molecule has 0 atom stereocenters. The predicted octanol–water partition coefficient (Wildman–Crippen LogP) is 2.24. The average Bonchev–Trinajstić information content (AvgIpc) is 2.29. The van der Waals surface area contributed by atoms with Crippen LogP contribution in [0, 0.1) is 6.92 Å². The van der Waals surface area contributed by atoms with E-state index in [1.807, 2.05) is 18.8 Å². The van der Waals surface area contributed by atoms with E-state index in [-0.39, 0.29) is 0 Å². The van der Waals surface area contributed by atoms with E-state index in [0.717, 1.165) is 25.4 Å². The highest BCUT2D eigenvalue weighted by Gasteiger charge is 1.98. The van der Waals surface area contributed by atoms with Crippen molar-refractivity contribution in [3.8, 4) is 0 Å².